The fourth-order valence-corrected chi connectivity index (χ4v) is 2.62. The zero-order chi connectivity index (χ0) is 14.5. The van der Waals surface area contributed by atoms with Crippen molar-refractivity contribution in [2.45, 2.75) is 26.7 Å². The van der Waals surface area contributed by atoms with E-state index in [1.807, 2.05) is 12.1 Å². The second-order valence-electron chi connectivity index (χ2n) is 5.60. The molecule has 0 heterocycles. The number of halogens is 1. The van der Waals surface area contributed by atoms with Crippen LogP contribution in [0, 0.1) is 12.8 Å². The maximum atomic E-state index is 6.07. The molecule has 0 spiro atoms. The molecule has 0 fully saturated rings. The Morgan fingerprint density at radius 2 is 1.75 bits per heavy atom. The Hall–Kier alpha value is -1.47. The van der Waals surface area contributed by atoms with Crippen LogP contribution in [0.5, 0.6) is 0 Å². The van der Waals surface area contributed by atoms with Gasteiger partial charge in [-0.25, -0.2) is 0 Å². The summed E-state index contributed by atoms with van der Waals surface area (Å²) in [5.41, 5.74) is 3.73. The van der Waals surface area contributed by atoms with Crippen molar-refractivity contribution in [3.63, 3.8) is 0 Å². The molecule has 0 aliphatic carbocycles. The Labute approximate surface area is 127 Å². The van der Waals surface area contributed by atoms with Crippen LogP contribution in [0.2, 0.25) is 5.02 Å². The highest BCUT2D eigenvalue weighted by Crippen LogP contribution is 2.26. The summed E-state index contributed by atoms with van der Waals surface area (Å²) in [6.07, 6.45) is 0. The summed E-state index contributed by atoms with van der Waals surface area (Å²) in [7, 11) is 0. The number of anilines is 1. The molecule has 2 heteroatoms. The van der Waals surface area contributed by atoms with E-state index in [0.29, 0.717) is 11.8 Å². The molecule has 1 N–H and O–H groups in total. The highest BCUT2D eigenvalue weighted by molar-refractivity contribution is 6.30. The van der Waals surface area contributed by atoms with Gasteiger partial charge in [-0.2, -0.15) is 0 Å². The van der Waals surface area contributed by atoms with E-state index in [1.165, 1.54) is 11.1 Å². The van der Waals surface area contributed by atoms with Gasteiger partial charge >= 0.3 is 0 Å². The maximum absolute atomic E-state index is 6.07. The first-order chi connectivity index (χ1) is 9.58. The summed E-state index contributed by atoms with van der Waals surface area (Å²) in [5, 5.41) is 4.33. The van der Waals surface area contributed by atoms with Crippen molar-refractivity contribution in [1.82, 2.24) is 0 Å². The lowest BCUT2D eigenvalue weighted by Gasteiger charge is -2.23. The topological polar surface area (TPSA) is 12.0 Å². The third kappa shape index (κ3) is 3.77. The molecule has 20 heavy (non-hydrogen) atoms. The Bertz CT molecular complexity index is 549. The van der Waals surface area contributed by atoms with Crippen LogP contribution < -0.4 is 5.32 Å². The predicted molar refractivity (Wildman–Crippen MR) is 88.7 cm³/mol. The standard InChI is InChI=1S/C18H22ClN/c1-13(2)17(15-7-5-4-6-8-15)12-20-18-11-16(19)10-9-14(18)3/h4-11,13,17,20H,12H2,1-3H3. The third-order valence-corrected chi connectivity index (χ3v) is 3.98. The Morgan fingerprint density at radius 3 is 2.40 bits per heavy atom. The number of benzene rings is 2. The average molecular weight is 288 g/mol. The smallest absolute Gasteiger partial charge is 0.0426 e. The largest absolute Gasteiger partial charge is 0.384 e. The van der Waals surface area contributed by atoms with Crippen LogP contribution >= 0.6 is 11.6 Å². The number of nitrogens with one attached hydrogen (secondary N) is 1. The first kappa shape index (κ1) is 14.9. The summed E-state index contributed by atoms with van der Waals surface area (Å²) in [4.78, 5) is 0. The summed E-state index contributed by atoms with van der Waals surface area (Å²) in [5.74, 6) is 1.08. The first-order valence-electron chi connectivity index (χ1n) is 7.13. The van der Waals surface area contributed by atoms with Crippen LogP contribution in [0.3, 0.4) is 0 Å². The maximum Gasteiger partial charge on any atom is 0.0426 e. The van der Waals surface area contributed by atoms with Gasteiger partial charge < -0.3 is 5.32 Å². The Morgan fingerprint density at radius 1 is 1.05 bits per heavy atom. The van der Waals surface area contributed by atoms with Crippen LogP contribution in [0.4, 0.5) is 5.69 Å². The van der Waals surface area contributed by atoms with Crippen molar-refractivity contribution in [3.8, 4) is 0 Å². The molecule has 0 aromatic heterocycles. The van der Waals surface area contributed by atoms with Gasteiger partial charge in [0, 0.05) is 23.2 Å². The molecule has 0 saturated carbocycles. The van der Waals surface area contributed by atoms with Crippen molar-refractivity contribution in [3.05, 3.63) is 64.7 Å². The normalized spacial score (nSPS) is 12.4. The molecule has 1 nitrogen and oxygen atoms in total. The van der Waals surface area contributed by atoms with Crippen molar-refractivity contribution in [2.24, 2.45) is 5.92 Å². The van der Waals surface area contributed by atoms with E-state index in [4.69, 9.17) is 11.6 Å². The van der Waals surface area contributed by atoms with E-state index in [9.17, 15) is 0 Å². The quantitative estimate of drug-likeness (QED) is 0.765. The van der Waals surface area contributed by atoms with Gasteiger partial charge in [0.1, 0.15) is 0 Å². The zero-order valence-corrected chi connectivity index (χ0v) is 13.1. The first-order valence-corrected chi connectivity index (χ1v) is 7.50. The number of aryl methyl sites for hydroxylation is 1. The molecule has 2 rings (SSSR count). The van der Waals surface area contributed by atoms with Crippen LogP contribution in [-0.4, -0.2) is 6.54 Å². The molecule has 0 saturated heterocycles. The lowest BCUT2D eigenvalue weighted by atomic mass is 9.88. The molecule has 106 valence electrons. The van der Waals surface area contributed by atoms with Crippen LogP contribution in [0.1, 0.15) is 30.9 Å². The van der Waals surface area contributed by atoms with Crippen molar-refractivity contribution >= 4 is 17.3 Å². The molecule has 0 amide bonds. The summed E-state index contributed by atoms with van der Waals surface area (Å²) < 4.78 is 0. The van der Waals surface area contributed by atoms with Gasteiger partial charge in [0.25, 0.3) is 0 Å². The zero-order valence-electron chi connectivity index (χ0n) is 12.4. The van der Waals surface area contributed by atoms with Crippen LogP contribution in [0.15, 0.2) is 48.5 Å². The third-order valence-electron chi connectivity index (χ3n) is 3.74. The molecule has 1 atom stereocenters. The molecular formula is C18H22ClN. The summed E-state index contributed by atoms with van der Waals surface area (Å²) in [6.45, 7) is 7.56. The van der Waals surface area contributed by atoms with Gasteiger partial charge in [-0.3, -0.25) is 0 Å². The van der Waals surface area contributed by atoms with Crippen molar-refractivity contribution in [2.75, 3.05) is 11.9 Å². The van der Waals surface area contributed by atoms with Crippen LogP contribution in [0.25, 0.3) is 0 Å². The van der Waals surface area contributed by atoms with Gasteiger partial charge in [0.2, 0.25) is 0 Å². The van der Waals surface area contributed by atoms with E-state index >= 15 is 0 Å². The fourth-order valence-electron chi connectivity index (χ4n) is 2.44. The predicted octanol–water partition coefficient (Wildman–Crippen LogP) is 5.50. The number of hydrogen-bond donors (Lipinski definition) is 1. The van der Waals surface area contributed by atoms with Gasteiger partial charge in [-0.15, -0.1) is 0 Å². The molecular weight excluding hydrogens is 266 g/mol. The van der Waals surface area contributed by atoms with Gasteiger partial charge in [0.15, 0.2) is 0 Å². The highest BCUT2D eigenvalue weighted by Gasteiger charge is 2.15. The van der Waals surface area contributed by atoms with Crippen molar-refractivity contribution < 1.29 is 0 Å². The molecule has 0 aliphatic heterocycles. The lowest BCUT2D eigenvalue weighted by molar-refractivity contribution is 0.517. The Balaban J connectivity index is 2.12. The Kier molecular flexibility index (Phi) is 5.08. The summed E-state index contributed by atoms with van der Waals surface area (Å²) >= 11 is 6.07. The summed E-state index contributed by atoms with van der Waals surface area (Å²) in [6, 6.07) is 16.7. The second kappa shape index (κ2) is 6.81. The SMILES string of the molecule is Cc1ccc(Cl)cc1NCC(c1ccccc1)C(C)C. The van der Waals surface area contributed by atoms with Gasteiger partial charge in [0.05, 0.1) is 0 Å². The van der Waals surface area contributed by atoms with E-state index in [0.717, 1.165) is 17.3 Å². The number of rotatable bonds is 5. The van der Waals surface area contributed by atoms with E-state index in [2.05, 4.69) is 62.5 Å². The average Bonchev–Trinajstić information content (AvgIpc) is 2.43. The minimum absolute atomic E-state index is 0.495. The second-order valence-corrected chi connectivity index (χ2v) is 6.04. The fraction of sp³-hybridized carbons (Fsp3) is 0.333. The molecule has 0 aliphatic rings. The molecule has 2 aromatic carbocycles. The molecule has 1 unspecified atom stereocenters. The minimum Gasteiger partial charge on any atom is -0.384 e. The highest BCUT2D eigenvalue weighted by atomic mass is 35.5. The van der Waals surface area contributed by atoms with Gasteiger partial charge in [-0.1, -0.05) is 61.8 Å². The molecule has 0 radical (unpaired) electrons. The minimum atomic E-state index is 0.495. The van der Waals surface area contributed by atoms with E-state index < -0.39 is 0 Å². The van der Waals surface area contributed by atoms with E-state index in [1.54, 1.807) is 0 Å². The van der Waals surface area contributed by atoms with Crippen molar-refractivity contribution in [1.29, 1.82) is 0 Å². The van der Waals surface area contributed by atoms with E-state index in [-0.39, 0.29) is 0 Å². The molecule has 2 aromatic rings. The van der Waals surface area contributed by atoms with Gasteiger partial charge in [-0.05, 0) is 36.1 Å². The van der Waals surface area contributed by atoms with Crippen LogP contribution in [-0.2, 0) is 0 Å². The molecule has 0 bridgehead atoms. The monoisotopic (exact) mass is 287 g/mol. The number of hydrogen-bond acceptors (Lipinski definition) is 1. The lowest BCUT2D eigenvalue weighted by Crippen LogP contribution is -2.18.